The summed E-state index contributed by atoms with van der Waals surface area (Å²) < 4.78 is 6.37. The molecule has 2 amide bonds. The highest BCUT2D eigenvalue weighted by atomic mass is 79.9. The number of aryl methyl sites for hydroxylation is 1. The maximum absolute atomic E-state index is 13.0. The number of carbonyl (C=O) groups is 2. The van der Waals surface area contributed by atoms with Crippen LogP contribution in [0.5, 0.6) is 5.75 Å². The predicted octanol–water partition coefficient (Wildman–Crippen LogP) is 5.57. The summed E-state index contributed by atoms with van der Waals surface area (Å²) in [6.45, 7) is 4.44. The molecule has 0 aliphatic carbocycles. The van der Waals surface area contributed by atoms with Crippen molar-refractivity contribution in [2.75, 3.05) is 11.9 Å². The molecule has 0 saturated carbocycles. The lowest BCUT2D eigenvalue weighted by molar-refractivity contribution is -0.113. The molecule has 0 aliphatic rings. The van der Waals surface area contributed by atoms with Crippen LogP contribution in [0.1, 0.15) is 28.4 Å². The van der Waals surface area contributed by atoms with Crippen molar-refractivity contribution in [1.29, 1.82) is 0 Å². The molecule has 0 radical (unpaired) electrons. The summed E-state index contributed by atoms with van der Waals surface area (Å²) in [5.41, 5.74) is 3.04. The topological polar surface area (TPSA) is 67.4 Å². The Morgan fingerprint density at radius 1 is 0.935 bits per heavy atom. The van der Waals surface area contributed by atoms with Crippen molar-refractivity contribution in [3.8, 4) is 5.75 Å². The van der Waals surface area contributed by atoms with Crippen LogP contribution >= 0.6 is 15.9 Å². The first-order chi connectivity index (χ1) is 14.9. The highest BCUT2D eigenvalue weighted by Crippen LogP contribution is 2.17. The van der Waals surface area contributed by atoms with E-state index in [9.17, 15) is 9.59 Å². The van der Waals surface area contributed by atoms with E-state index in [2.05, 4.69) is 26.6 Å². The van der Waals surface area contributed by atoms with E-state index >= 15 is 0 Å². The first-order valence-corrected chi connectivity index (χ1v) is 10.6. The van der Waals surface area contributed by atoms with Gasteiger partial charge in [0.1, 0.15) is 11.4 Å². The standard InChI is InChI=1S/C25H23BrN2O3/c1-3-31-22-14-6-18(7-15-22)16-23(25(30)27-21-12-10-20(26)11-13-21)28-24(29)19-8-4-17(2)5-9-19/h4-16H,3H2,1-2H3,(H,27,30)(H,28,29)/b23-16+. The summed E-state index contributed by atoms with van der Waals surface area (Å²) in [6.07, 6.45) is 1.63. The van der Waals surface area contributed by atoms with E-state index < -0.39 is 5.91 Å². The first kappa shape index (κ1) is 22.3. The van der Waals surface area contributed by atoms with Gasteiger partial charge in [0.05, 0.1) is 6.61 Å². The molecule has 3 aromatic rings. The minimum atomic E-state index is -0.420. The molecule has 0 bridgehead atoms. The highest BCUT2D eigenvalue weighted by molar-refractivity contribution is 9.10. The second kappa shape index (κ2) is 10.6. The van der Waals surface area contributed by atoms with E-state index in [4.69, 9.17) is 4.74 Å². The quantitative estimate of drug-likeness (QED) is 0.436. The second-order valence-corrected chi connectivity index (χ2v) is 7.76. The Hall–Kier alpha value is -3.38. The second-order valence-electron chi connectivity index (χ2n) is 6.84. The number of halogens is 1. The van der Waals surface area contributed by atoms with E-state index in [1.54, 1.807) is 30.3 Å². The zero-order valence-corrected chi connectivity index (χ0v) is 18.9. The number of anilines is 1. The highest BCUT2D eigenvalue weighted by Gasteiger charge is 2.15. The molecule has 0 aromatic heterocycles. The number of ether oxygens (including phenoxy) is 1. The van der Waals surface area contributed by atoms with Crippen LogP contribution in [0.15, 0.2) is 83.0 Å². The molecule has 0 saturated heterocycles. The van der Waals surface area contributed by atoms with Crippen LogP contribution in [-0.2, 0) is 4.79 Å². The minimum absolute atomic E-state index is 0.137. The molecule has 0 spiro atoms. The van der Waals surface area contributed by atoms with E-state index in [1.807, 2.05) is 62.4 Å². The molecule has 5 nitrogen and oxygen atoms in total. The number of carbonyl (C=O) groups excluding carboxylic acids is 2. The third-order valence-corrected chi connectivity index (χ3v) is 4.94. The number of amides is 2. The summed E-state index contributed by atoms with van der Waals surface area (Å²) in [5, 5.41) is 5.56. The molecule has 0 fully saturated rings. The van der Waals surface area contributed by atoms with Crippen molar-refractivity contribution in [1.82, 2.24) is 5.32 Å². The van der Waals surface area contributed by atoms with Gasteiger partial charge in [-0.05, 0) is 74.0 Å². The van der Waals surface area contributed by atoms with Gasteiger partial charge in [-0.1, -0.05) is 45.8 Å². The van der Waals surface area contributed by atoms with E-state index in [1.165, 1.54) is 0 Å². The molecule has 3 rings (SSSR count). The lowest BCUT2D eigenvalue weighted by atomic mass is 10.1. The van der Waals surface area contributed by atoms with Gasteiger partial charge in [0, 0.05) is 15.7 Å². The molecule has 2 N–H and O–H groups in total. The lowest BCUT2D eigenvalue weighted by Gasteiger charge is -2.12. The number of hydrogen-bond acceptors (Lipinski definition) is 3. The third kappa shape index (κ3) is 6.55. The van der Waals surface area contributed by atoms with Gasteiger partial charge in [0.2, 0.25) is 0 Å². The summed E-state index contributed by atoms with van der Waals surface area (Å²) >= 11 is 3.37. The maximum Gasteiger partial charge on any atom is 0.272 e. The fourth-order valence-electron chi connectivity index (χ4n) is 2.78. The number of nitrogens with one attached hydrogen (secondary N) is 2. The van der Waals surface area contributed by atoms with Gasteiger partial charge in [-0.3, -0.25) is 9.59 Å². The molecule has 0 unspecified atom stereocenters. The minimum Gasteiger partial charge on any atom is -0.494 e. The normalized spacial score (nSPS) is 11.0. The summed E-state index contributed by atoms with van der Waals surface area (Å²) in [6, 6.07) is 21.7. The van der Waals surface area contributed by atoms with Gasteiger partial charge < -0.3 is 15.4 Å². The van der Waals surface area contributed by atoms with Crippen LogP contribution in [0, 0.1) is 6.92 Å². The van der Waals surface area contributed by atoms with Crippen molar-refractivity contribution in [2.45, 2.75) is 13.8 Å². The Bertz CT molecular complexity index is 1070. The van der Waals surface area contributed by atoms with Crippen LogP contribution in [0.3, 0.4) is 0 Å². The molecule has 31 heavy (non-hydrogen) atoms. The van der Waals surface area contributed by atoms with Crippen LogP contribution in [0.2, 0.25) is 0 Å². The predicted molar refractivity (Wildman–Crippen MR) is 127 cm³/mol. The van der Waals surface area contributed by atoms with Gasteiger partial charge in [0.25, 0.3) is 11.8 Å². The third-order valence-electron chi connectivity index (χ3n) is 4.41. The van der Waals surface area contributed by atoms with Crippen molar-refractivity contribution in [2.24, 2.45) is 0 Å². The molecule has 158 valence electrons. The Labute approximate surface area is 190 Å². The fraction of sp³-hybridized carbons (Fsp3) is 0.120. The summed E-state index contributed by atoms with van der Waals surface area (Å²) in [4.78, 5) is 25.7. The van der Waals surface area contributed by atoms with Gasteiger partial charge in [-0.15, -0.1) is 0 Å². The average molecular weight is 479 g/mol. The average Bonchev–Trinajstić information content (AvgIpc) is 2.76. The van der Waals surface area contributed by atoms with Crippen molar-refractivity contribution >= 4 is 39.5 Å². The van der Waals surface area contributed by atoms with Crippen molar-refractivity contribution in [3.05, 3.63) is 99.7 Å². The van der Waals surface area contributed by atoms with E-state index in [0.29, 0.717) is 17.9 Å². The summed E-state index contributed by atoms with van der Waals surface area (Å²) in [5.74, 6) is -0.0379. The smallest absolute Gasteiger partial charge is 0.272 e. The van der Waals surface area contributed by atoms with Gasteiger partial charge >= 0.3 is 0 Å². The Balaban J connectivity index is 1.86. The Kier molecular flexibility index (Phi) is 7.62. The SMILES string of the molecule is CCOc1ccc(/C=C(/NC(=O)c2ccc(C)cc2)C(=O)Nc2ccc(Br)cc2)cc1. The molecular formula is C25H23BrN2O3. The lowest BCUT2D eigenvalue weighted by Crippen LogP contribution is -2.30. The van der Waals surface area contributed by atoms with Crippen molar-refractivity contribution in [3.63, 3.8) is 0 Å². The van der Waals surface area contributed by atoms with Gasteiger partial charge in [-0.2, -0.15) is 0 Å². The number of hydrogen-bond donors (Lipinski definition) is 2. The van der Waals surface area contributed by atoms with Crippen LogP contribution in [0.25, 0.3) is 6.08 Å². The fourth-order valence-corrected chi connectivity index (χ4v) is 3.05. The number of rotatable bonds is 7. The van der Waals surface area contributed by atoms with Crippen LogP contribution < -0.4 is 15.4 Å². The molecule has 3 aromatic carbocycles. The van der Waals surface area contributed by atoms with Crippen LogP contribution in [0.4, 0.5) is 5.69 Å². The van der Waals surface area contributed by atoms with E-state index in [-0.39, 0.29) is 11.6 Å². The molecule has 0 atom stereocenters. The molecule has 0 aliphatic heterocycles. The molecule has 6 heteroatoms. The monoisotopic (exact) mass is 478 g/mol. The first-order valence-electron chi connectivity index (χ1n) is 9.84. The maximum atomic E-state index is 13.0. The largest absolute Gasteiger partial charge is 0.494 e. The molecular weight excluding hydrogens is 456 g/mol. The summed E-state index contributed by atoms with van der Waals surface area (Å²) in [7, 11) is 0. The van der Waals surface area contributed by atoms with Crippen LogP contribution in [-0.4, -0.2) is 18.4 Å². The Morgan fingerprint density at radius 2 is 1.58 bits per heavy atom. The Morgan fingerprint density at radius 3 is 2.19 bits per heavy atom. The van der Waals surface area contributed by atoms with Gasteiger partial charge in [0.15, 0.2) is 0 Å². The van der Waals surface area contributed by atoms with Crippen molar-refractivity contribution < 1.29 is 14.3 Å². The van der Waals surface area contributed by atoms with E-state index in [0.717, 1.165) is 21.3 Å². The zero-order chi connectivity index (χ0) is 22.2. The van der Waals surface area contributed by atoms with Gasteiger partial charge in [-0.25, -0.2) is 0 Å². The molecule has 0 heterocycles. The number of benzene rings is 3. The zero-order valence-electron chi connectivity index (χ0n) is 17.3.